The Bertz CT molecular complexity index is 638. The normalized spacial score (nSPS) is 24.8. The quantitative estimate of drug-likeness (QED) is 0.822. The van der Waals surface area contributed by atoms with Gasteiger partial charge in [0.15, 0.2) is 9.84 Å². The van der Waals surface area contributed by atoms with Crippen LogP contribution in [0, 0.1) is 12.3 Å². The smallest absolute Gasteiger partial charge is 0.164 e. The van der Waals surface area contributed by atoms with Crippen LogP contribution in [0.4, 0.5) is 0 Å². The summed E-state index contributed by atoms with van der Waals surface area (Å²) in [5.41, 5.74) is 1.93. The van der Waals surface area contributed by atoms with E-state index in [2.05, 4.69) is 21.2 Å². The molecule has 1 atom stereocenters. The molecular weight excluding hydrogens is 328 g/mol. The molecule has 0 spiro atoms. The first-order valence-electron chi connectivity index (χ1n) is 5.99. The molecule has 0 bridgehead atoms. The number of halogens is 1. The second-order valence-electron chi connectivity index (χ2n) is 5.36. The van der Waals surface area contributed by atoms with Gasteiger partial charge in [-0.3, -0.25) is 5.41 Å². The highest BCUT2D eigenvalue weighted by molar-refractivity contribution is 9.10. The van der Waals surface area contributed by atoms with Crippen molar-refractivity contribution >= 4 is 31.6 Å². The summed E-state index contributed by atoms with van der Waals surface area (Å²) >= 11 is 3.40. The lowest BCUT2D eigenvalue weighted by atomic mass is 10.0. The summed E-state index contributed by atoms with van der Waals surface area (Å²) in [6.45, 7) is 5.09. The van der Waals surface area contributed by atoms with Gasteiger partial charge in [0.05, 0.1) is 11.8 Å². The van der Waals surface area contributed by atoms with Crippen molar-refractivity contribution in [1.82, 2.24) is 5.32 Å². The van der Waals surface area contributed by atoms with Gasteiger partial charge in [0.25, 0.3) is 0 Å². The number of rotatable bonds is 1. The molecule has 1 heterocycles. The SMILES string of the molecule is Cc1ccc(Br)cc1[C@@H]1CS(=O)(=O)C(C)(C)C(=N)N1. The lowest BCUT2D eigenvalue weighted by Gasteiger charge is -2.37. The molecule has 1 fully saturated rings. The molecule has 0 unspecified atom stereocenters. The molecule has 0 radical (unpaired) electrons. The van der Waals surface area contributed by atoms with Gasteiger partial charge in [0.2, 0.25) is 0 Å². The lowest BCUT2D eigenvalue weighted by Crippen LogP contribution is -2.56. The monoisotopic (exact) mass is 344 g/mol. The molecule has 4 nitrogen and oxygen atoms in total. The third-order valence-corrected chi connectivity index (χ3v) is 6.73. The molecule has 1 aliphatic heterocycles. The van der Waals surface area contributed by atoms with Gasteiger partial charge in [-0.2, -0.15) is 0 Å². The molecule has 1 aromatic carbocycles. The Morgan fingerprint density at radius 3 is 2.63 bits per heavy atom. The van der Waals surface area contributed by atoms with Crippen LogP contribution in [0.3, 0.4) is 0 Å². The zero-order valence-electron chi connectivity index (χ0n) is 11.1. The van der Waals surface area contributed by atoms with Crippen molar-refractivity contribution in [3.05, 3.63) is 33.8 Å². The fraction of sp³-hybridized carbons (Fsp3) is 0.462. The van der Waals surface area contributed by atoms with E-state index in [-0.39, 0.29) is 17.6 Å². The van der Waals surface area contributed by atoms with Gasteiger partial charge in [-0.15, -0.1) is 0 Å². The van der Waals surface area contributed by atoms with E-state index in [1.54, 1.807) is 13.8 Å². The number of hydrogen-bond donors (Lipinski definition) is 2. The van der Waals surface area contributed by atoms with Crippen molar-refractivity contribution in [3.8, 4) is 0 Å². The molecule has 2 N–H and O–H groups in total. The topological polar surface area (TPSA) is 70.0 Å². The Kier molecular flexibility index (Phi) is 3.51. The number of aryl methyl sites for hydroxylation is 1. The largest absolute Gasteiger partial charge is 0.365 e. The number of amidine groups is 1. The molecule has 1 aromatic rings. The number of benzene rings is 1. The first-order chi connectivity index (χ1) is 8.65. The number of nitrogens with one attached hydrogen (secondary N) is 2. The van der Waals surface area contributed by atoms with E-state index < -0.39 is 14.6 Å². The third-order valence-electron chi connectivity index (χ3n) is 3.70. The van der Waals surface area contributed by atoms with E-state index in [0.29, 0.717) is 0 Å². The zero-order valence-corrected chi connectivity index (χ0v) is 13.5. The van der Waals surface area contributed by atoms with Gasteiger partial charge in [-0.1, -0.05) is 22.0 Å². The van der Waals surface area contributed by atoms with Crippen LogP contribution in [0.15, 0.2) is 22.7 Å². The standard InChI is InChI=1S/C13H17BrN2O2S/c1-8-4-5-9(14)6-10(8)11-7-19(17,18)13(2,3)12(15)16-11/h4-6,11H,7H2,1-3H3,(H2,15,16)/t11-/m0/s1. The van der Waals surface area contributed by atoms with E-state index >= 15 is 0 Å². The van der Waals surface area contributed by atoms with Crippen LogP contribution in [0.5, 0.6) is 0 Å². The van der Waals surface area contributed by atoms with Crippen molar-refractivity contribution in [2.45, 2.75) is 31.6 Å². The maximum absolute atomic E-state index is 12.3. The van der Waals surface area contributed by atoms with Crippen LogP contribution >= 0.6 is 15.9 Å². The summed E-state index contributed by atoms with van der Waals surface area (Å²) in [5, 5.41) is 11.0. The van der Waals surface area contributed by atoms with Gasteiger partial charge in [0.1, 0.15) is 10.6 Å². The molecular formula is C13H17BrN2O2S. The fourth-order valence-electron chi connectivity index (χ4n) is 2.13. The summed E-state index contributed by atoms with van der Waals surface area (Å²) in [4.78, 5) is 0. The van der Waals surface area contributed by atoms with Gasteiger partial charge in [-0.25, -0.2) is 8.42 Å². The summed E-state index contributed by atoms with van der Waals surface area (Å²) in [7, 11) is -3.34. The zero-order chi connectivity index (χ0) is 14.4. The molecule has 6 heteroatoms. The van der Waals surface area contributed by atoms with Gasteiger partial charge < -0.3 is 5.32 Å². The lowest BCUT2D eigenvalue weighted by molar-refractivity contribution is 0.541. The van der Waals surface area contributed by atoms with Gasteiger partial charge in [0, 0.05) is 4.47 Å². The summed E-state index contributed by atoms with van der Waals surface area (Å²) < 4.78 is 24.4. The van der Waals surface area contributed by atoms with E-state index in [4.69, 9.17) is 5.41 Å². The predicted molar refractivity (Wildman–Crippen MR) is 80.3 cm³/mol. The van der Waals surface area contributed by atoms with Crippen LogP contribution in [0.1, 0.15) is 31.0 Å². The minimum absolute atomic E-state index is 0.0136. The molecule has 104 valence electrons. The summed E-state index contributed by atoms with van der Waals surface area (Å²) in [6.07, 6.45) is 0. The van der Waals surface area contributed by atoms with Gasteiger partial charge >= 0.3 is 0 Å². The average Bonchev–Trinajstić information content (AvgIpc) is 2.29. The van der Waals surface area contributed by atoms with E-state index in [1.807, 2.05) is 25.1 Å². The van der Waals surface area contributed by atoms with Gasteiger partial charge in [-0.05, 0) is 44.0 Å². The molecule has 2 rings (SSSR count). The Hall–Kier alpha value is -0.880. The van der Waals surface area contributed by atoms with Crippen LogP contribution in [0.25, 0.3) is 0 Å². The molecule has 0 amide bonds. The second-order valence-corrected chi connectivity index (χ2v) is 8.86. The minimum Gasteiger partial charge on any atom is -0.365 e. The first-order valence-corrected chi connectivity index (χ1v) is 8.43. The average molecular weight is 345 g/mol. The Labute approximate surface area is 122 Å². The maximum atomic E-state index is 12.3. The third kappa shape index (κ3) is 2.43. The minimum atomic E-state index is -3.34. The molecule has 0 aromatic heterocycles. The molecule has 0 aliphatic carbocycles. The Morgan fingerprint density at radius 2 is 2.05 bits per heavy atom. The Balaban J connectivity index is 2.45. The van der Waals surface area contributed by atoms with Crippen molar-refractivity contribution in [3.63, 3.8) is 0 Å². The van der Waals surface area contributed by atoms with Crippen LogP contribution in [0.2, 0.25) is 0 Å². The molecule has 1 aliphatic rings. The fourth-order valence-corrected chi connectivity index (χ4v) is 3.99. The highest BCUT2D eigenvalue weighted by Crippen LogP contribution is 2.31. The van der Waals surface area contributed by atoms with E-state index in [9.17, 15) is 8.42 Å². The van der Waals surface area contributed by atoms with Crippen molar-refractivity contribution in [2.75, 3.05) is 5.75 Å². The van der Waals surface area contributed by atoms with Crippen LogP contribution in [-0.2, 0) is 9.84 Å². The number of sulfone groups is 1. The van der Waals surface area contributed by atoms with Crippen LogP contribution < -0.4 is 5.32 Å². The molecule has 0 saturated carbocycles. The van der Waals surface area contributed by atoms with Crippen molar-refractivity contribution < 1.29 is 8.42 Å². The summed E-state index contributed by atoms with van der Waals surface area (Å²) in [6, 6.07) is 5.42. The van der Waals surface area contributed by atoms with E-state index in [1.165, 1.54) is 0 Å². The predicted octanol–water partition coefficient (Wildman–Crippen LogP) is 2.57. The number of hydrogen-bond acceptors (Lipinski definition) is 3. The highest BCUT2D eigenvalue weighted by atomic mass is 79.9. The highest BCUT2D eigenvalue weighted by Gasteiger charge is 2.45. The molecule has 1 saturated heterocycles. The second kappa shape index (κ2) is 4.59. The van der Waals surface area contributed by atoms with Crippen LogP contribution in [-0.4, -0.2) is 24.8 Å². The van der Waals surface area contributed by atoms with Crippen molar-refractivity contribution in [1.29, 1.82) is 5.41 Å². The van der Waals surface area contributed by atoms with E-state index in [0.717, 1.165) is 15.6 Å². The first kappa shape index (κ1) is 14.5. The molecule has 19 heavy (non-hydrogen) atoms. The van der Waals surface area contributed by atoms with Crippen molar-refractivity contribution in [2.24, 2.45) is 0 Å². The Morgan fingerprint density at radius 1 is 1.42 bits per heavy atom. The maximum Gasteiger partial charge on any atom is 0.164 e. The summed E-state index contributed by atoms with van der Waals surface area (Å²) in [5.74, 6) is 0.0720.